The van der Waals surface area contributed by atoms with Gasteiger partial charge in [0.25, 0.3) is 0 Å². The lowest BCUT2D eigenvalue weighted by Gasteiger charge is -2.42. The monoisotopic (exact) mass is 230 g/mol. The number of nitriles is 1. The molecule has 1 N–H and O–H groups in total. The van der Waals surface area contributed by atoms with Gasteiger partial charge < -0.3 is 10.1 Å². The van der Waals surface area contributed by atoms with Gasteiger partial charge in [-0.05, 0) is 32.0 Å². The van der Waals surface area contributed by atoms with E-state index in [0.717, 1.165) is 0 Å². The van der Waals surface area contributed by atoms with Crippen LogP contribution in [-0.2, 0) is 4.74 Å². The molecule has 0 radical (unpaired) electrons. The summed E-state index contributed by atoms with van der Waals surface area (Å²) in [6.07, 6.45) is 0. The molecule has 1 aromatic carbocycles. The molecule has 1 aromatic rings. The molecule has 0 aromatic heterocycles. The molecule has 2 rings (SSSR count). The number of nitrogens with zero attached hydrogens (tertiary/aromatic N) is 1. The summed E-state index contributed by atoms with van der Waals surface area (Å²) >= 11 is 0. The van der Waals surface area contributed by atoms with Crippen molar-refractivity contribution in [3.8, 4) is 6.07 Å². The first-order valence-electron chi connectivity index (χ1n) is 5.86. The lowest BCUT2D eigenvalue weighted by Crippen LogP contribution is -2.50. The van der Waals surface area contributed by atoms with E-state index in [1.54, 1.807) is 0 Å². The van der Waals surface area contributed by atoms with Crippen LogP contribution in [-0.4, -0.2) is 20.3 Å². The lowest BCUT2D eigenvalue weighted by molar-refractivity contribution is -0.0964. The highest BCUT2D eigenvalue weighted by Gasteiger charge is 2.46. The molecule has 1 aliphatic heterocycles. The summed E-state index contributed by atoms with van der Waals surface area (Å²) in [5.74, 6) is 0. The van der Waals surface area contributed by atoms with Gasteiger partial charge in [-0.25, -0.2) is 0 Å². The Labute approximate surface area is 102 Å². The quantitative estimate of drug-likeness (QED) is 0.865. The number of aryl methyl sites for hydroxylation is 2. The van der Waals surface area contributed by atoms with Crippen LogP contribution in [0, 0.1) is 30.6 Å². The molecule has 3 nitrogen and oxygen atoms in total. The van der Waals surface area contributed by atoms with E-state index in [9.17, 15) is 5.26 Å². The maximum absolute atomic E-state index is 9.39. The third-order valence-corrected chi connectivity index (χ3v) is 3.53. The molecular weight excluding hydrogens is 212 g/mol. The molecule has 1 unspecified atom stereocenters. The Morgan fingerprint density at radius 2 is 2.12 bits per heavy atom. The fourth-order valence-electron chi connectivity index (χ4n) is 2.42. The van der Waals surface area contributed by atoms with Gasteiger partial charge in [0.1, 0.15) is 5.41 Å². The molecule has 0 aliphatic carbocycles. The zero-order valence-electron chi connectivity index (χ0n) is 10.6. The second-order valence-electron chi connectivity index (χ2n) is 4.84. The van der Waals surface area contributed by atoms with E-state index in [0.29, 0.717) is 13.2 Å². The van der Waals surface area contributed by atoms with Gasteiger partial charge in [-0.15, -0.1) is 0 Å². The summed E-state index contributed by atoms with van der Waals surface area (Å²) in [7, 11) is 1.91. The maximum atomic E-state index is 9.39. The van der Waals surface area contributed by atoms with E-state index in [-0.39, 0.29) is 6.04 Å². The summed E-state index contributed by atoms with van der Waals surface area (Å²) in [4.78, 5) is 0. The van der Waals surface area contributed by atoms with Crippen LogP contribution >= 0.6 is 0 Å². The SMILES string of the molecule is CNC(c1cc(C)ccc1C)C1(C#N)COC1. The predicted octanol–water partition coefficient (Wildman–Crippen LogP) is 2.10. The van der Waals surface area contributed by atoms with Gasteiger partial charge in [-0.1, -0.05) is 23.8 Å². The van der Waals surface area contributed by atoms with Crippen LogP contribution in [0.2, 0.25) is 0 Å². The van der Waals surface area contributed by atoms with E-state index in [4.69, 9.17) is 4.74 Å². The minimum atomic E-state index is -0.409. The topological polar surface area (TPSA) is 45.0 Å². The van der Waals surface area contributed by atoms with Gasteiger partial charge in [-0.3, -0.25) is 0 Å². The van der Waals surface area contributed by atoms with Crippen LogP contribution < -0.4 is 5.32 Å². The van der Waals surface area contributed by atoms with Gasteiger partial charge in [-0.2, -0.15) is 5.26 Å². The van der Waals surface area contributed by atoms with Crippen molar-refractivity contribution < 1.29 is 4.74 Å². The van der Waals surface area contributed by atoms with Gasteiger partial charge >= 0.3 is 0 Å². The zero-order chi connectivity index (χ0) is 12.5. The molecule has 1 fully saturated rings. The first-order chi connectivity index (χ1) is 8.13. The van der Waals surface area contributed by atoms with Crippen LogP contribution in [0.4, 0.5) is 0 Å². The van der Waals surface area contributed by atoms with E-state index in [1.807, 2.05) is 7.05 Å². The molecule has 17 heavy (non-hydrogen) atoms. The maximum Gasteiger partial charge on any atom is 0.123 e. The van der Waals surface area contributed by atoms with Crippen molar-refractivity contribution in [2.24, 2.45) is 5.41 Å². The van der Waals surface area contributed by atoms with Crippen molar-refractivity contribution in [1.82, 2.24) is 5.32 Å². The fraction of sp³-hybridized carbons (Fsp3) is 0.500. The lowest BCUT2D eigenvalue weighted by atomic mass is 9.75. The van der Waals surface area contributed by atoms with Crippen molar-refractivity contribution in [3.63, 3.8) is 0 Å². The first kappa shape index (κ1) is 12.1. The van der Waals surface area contributed by atoms with Gasteiger partial charge in [0.15, 0.2) is 0 Å². The standard InChI is InChI=1S/C14H18N2O/c1-10-4-5-11(2)12(6-10)13(16-3)14(7-15)8-17-9-14/h4-6,13,16H,8-9H2,1-3H3. The highest BCUT2D eigenvalue weighted by Crippen LogP contribution is 2.41. The first-order valence-corrected chi connectivity index (χ1v) is 5.86. The fourth-order valence-corrected chi connectivity index (χ4v) is 2.42. The van der Waals surface area contributed by atoms with E-state index in [2.05, 4.69) is 43.4 Å². The molecule has 1 heterocycles. The second-order valence-corrected chi connectivity index (χ2v) is 4.84. The Kier molecular flexibility index (Phi) is 3.19. The van der Waals surface area contributed by atoms with Gasteiger partial charge in [0.2, 0.25) is 0 Å². The van der Waals surface area contributed by atoms with Crippen molar-refractivity contribution in [2.45, 2.75) is 19.9 Å². The highest BCUT2D eigenvalue weighted by molar-refractivity contribution is 5.36. The Bertz CT molecular complexity index is 458. The number of nitrogens with one attached hydrogen (secondary N) is 1. The zero-order valence-corrected chi connectivity index (χ0v) is 10.6. The molecule has 0 bridgehead atoms. The molecule has 1 atom stereocenters. The number of rotatable bonds is 3. The summed E-state index contributed by atoms with van der Waals surface area (Å²) < 4.78 is 5.24. The molecule has 3 heteroatoms. The largest absolute Gasteiger partial charge is 0.378 e. The second kappa shape index (κ2) is 4.48. The average Bonchev–Trinajstić information content (AvgIpc) is 2.27. The predicted molar refractivity (Wildman–Crippen MR) is 66.6 cm³/mol. The molecule has 0 saturated carbocycles. The summed E-state index contributed by atoms with van der Waals surface area (Å²) in [5, 5.41) is 12.7. The van der Waals surface area contributed by atoms with Crippen LogP contribution in [0.25, 0.3) is 0 Å². The third kappa shape index (κ3) is 1.95. The number of hydrogen-bond donors (Lipinski definition) is 1. The normalized spacial score (nSPS) is 19.2. The van der Waals surface area contributed by atoms with Gasteiger partial charge in [0.05, 0.1) is 25.3 Å². The molecular formula is C14H18N2O. The Morgan fingerprint density at radius 3 is 2.59 bits per heavy atom. The Hall–Kier alpha value is -1.37. The highest BCUT2D eigenvalue weighted by atomic mass is 16.5. The summed E-state index contributed by atoms with van der Waals surface area (Å²) in [6.45, 7) is 5.19. The van der Waals surface area contributed by atoms with Crippen molar-refractivity contribution >= 4 is 0 Å². The average molecular weight is 230 g/mol. The summed E-state index contributed by atoms with van der Waals surface area (Å²) in [5.41, 5.74) is 3.24. The molecule has 90 valence electrons. The Balaban J connectivity index is 2.42. The van der Waals surface area contributed by atoms with Crippen LogP contribution in [0.1, 0.15) is 22.7 Å². The Morgan fingerprint density at radius 1 is 1.41 bits per heavy atom. The molecule has 1 aliphatic rings. The minimum Gasteiger partial charge on any atom is -0.378 e. The van der Waals surface area contributed by atoms with Gasteiger partial charge in [0, 0.05) is 0 Å². The van der Waals surface area contributed by atoms with Crippen LogP contribution in [0.3, 0.4) is 0 Å². The number of hydrogen-bond acceptors (Lipinski definition) is 3. The van der Waals surface area contributed by atoms with Crippen LogP contribution in [0.5, 0.6) is 0 Å². The van der Waals surface area contributed by atoms with E-state index in [1.165, 1.54) is 16.7 Å². The van der Waals surface area contributed by atoms with E-state index < -0.39 is 5.41 Å². The molecule has 0 spiro atoms. The minimum absolute atomic E-state index is 0.0427. The van der Waals surface area contributed by atoms with Crippen LogP contribution in [0.15, 0.2) is 18.2 Å². The van der Waals surface area contributed by atoms with Crippen molar-refractivity contribution in [2.75, 3.05) is 20.3 Å². The molecule has 0 amide bonds. The van der Waals surface area contributed by atoms with Crippen molar-refractivity contribution in [1.29, 1.82) is 5.26 Å². The van der Waals surface area contributed by atoms with E-state index >= 15 is 0 Å². The summed E-state index contributed by atoms with van der Waals surface area (Å²) in [6, 6.07) is 8.84. The van der Waals surface area contributed by atoms with Crippen molar-refractivity contribution in [3.05, 3.63) is 34.9 Å². The number of ether oxygens (including phenoxy) is 1. The smallest absolute Gasteiger partial charge is 0.123 e. The third-order valence-electron chi connectivity index (χ3n) is 3.53. The molecule has 1 saturated heterocycles. The number of benzene rings is 1.